The molecule has 0 radical (unpaired) electrons. The molecule has 1 fully saturated rings. The van der Waals surface area contributed by atoms with E-state index in [1.165, 1.54) is 0 Å². The first kappa shape index (κ1) is 7.73. The monoisotopic (exact) mass is 142 g/mol. The molecular weight excluding hydrogens is 128 g/mol. The number of hydrogen-bond donors (Lipinski definition) is 1. The Kier molecular flexibility index (Phi) is 1.82. The Labute approximate surface area is 61.2 Å². The number of Topliss-reactive ketones (excluding diaryl/α,β-unsaturated/α-hetero) is 1. The van der Waals surface area contributed by atoms with E-state index in [0.29, 0.717) is 12.8 Å². The Morgan fingerprint density at radius 1 is 1.60 bits per heavy atom. The molecule has 1 aliphatic carbocycles. The molecular formula is C8H14O2. The number of aliphatic hydroxyl groups excluding tert-OH is 1. The van der Waals surface area contributed by atoms with Gasteiger partial charge < -0.3 is 5.11 Å². The molecule has 0 heterocycles. The Morgan fingerprint density at radius 3 is 2.60 bits per heavy atom. The highest BCUT2D eigenvalue weighted by Gasteiger charge is 2.31. The molecule has 0 aliphatic heterocycles. The van der Waals surface area contributed by atoms with Crippen molar-refractivity contribution in [2.75, 3.05) is 0 Å². The number of carbonyl (C=O) groups is 1. The molecule has 0 spiro atoms. The van der Waals surface area contributed by atoms with Gasteiger partial charge in [-0.2, -0.15) is 0 Å². The predicted octanol–water partition coefficient (Wildman–Crippen LogP) is 1.13. The van der Waals surface area contributed by atoms with Crippen LogP contribution in [0.1, 0.15) is 33.1 Å². The van der Waals surface area contributed by atoms with Crippen LogP contribution in [0.4, 0.5) is 0 Å². The van der Waals surface area contributed by atoms with E-state index >= 15 is 0 Å². The van der Waals surface area contributed by atoms with Gasteiger partial charge in [0.05, 0.1) is 0 Å². The molecule has 0 amide bonds. The van der Waals surface area contributed by atoms with Crippen LogP contribution in [-0.4, -0.2) is 17.0 Å². The molecule has 2 heteroatoms. The Balaban J connectivity index is 2.57. The maximum absolute atomic E-state index is 10.8. The maximum Gasteiger partial charge on any atom is 0.161 e. The highest BCUT2D eigenvalue weighted by molar-refractivity contribution is 5.83. The molecule has 1 aliphatic rings. The van der Waals surface area contributed by atoms with Crippen LogP contribution in [0.25, 0.3) is 0 Å². The number of hydrogen-bond acceptors (Lipinski definition) is 2. The summed E-state index contributed by atoms with van der Waals surface area (Å²) in [6, 6.07) is 0. The molecule has 1 saturated carbocycles. The highest BCUT2D eigenvalue weighted by atomic mass is 16.3. The van der Waals surface area contributed by atoms with Crippen molar-refractivity contribution >= 4 is 5.78 Å². The smallest absolute Gasteiger partial charge is 0.161 e. The third-order valence-corrected chi connectivity index (χ3v) is 2.17. The normalized spacial score (nSPS) is 32.3. The van der Waals surface area contributed by atoms with Gasteiger partial charge in [0.1, 0.15) is 6.10 Å². The lowest BCUT2D eigenvalue weighted by Crippen LogP contribution is -2.33. The largest absolute Gasteiger partial charge is 0.385 e. The van der Waals surface area contributed by atoms with Gasteiger partial charge in [0.15, 0.2) is 5.78 Å². The van der Waals surface area contributed by atoms with E-state index in [4.69, 9.17) is 5.11 Å². The first-order valence-corrected chi connectivity index (χ1v) is 3.72. The van der Waals surface area contributed by atoms with Gasteiger partial charge in [-0.3, -0.25) is 4.79 Å². The fourth-order valence-corrected chi connectivity index (χ4v) is 1.37. The zero-order valence-corrected chi connectivity index (χ0v) is 6.55. The zero-order chi connectivity index (χ0) is 7.78. The topological polar surface area (TPSA) is 37.3 Å². The van der Waals surface area contributed by atoms with Crippen molar-refractivity contribution in [3.8, 4) is 0 Å². The molecule has 2 nitrogen and oxygen atoms in total. The lowest BCUT2D eigenvalue weighted by molar-refractivity contribution is -0.132. The van der Waals surface area contributed by atoms with E-state index < -0.39 is 6.10 Å². The number of rotatable bonds is 0. The summed E-state index contributed by atoms with van der Waals surface area (Å²) in [5.74, 6) is 0.0133. The predicted molar refractivity (Wildman–Crippen MR) is 38.6 cm³/mol. The SMILES string of the molecule is CC1(C)CCC(=O)[C@H](O)C1. The maximum atomic E-state index is 10.8. The number of ketones is 1. The van der Waals surface area contributed by atoms with Gasteiger partial charge in [-0.05, 0) is 18.3 Å². The zero-order valence-electron chi connectivity index (χ0n) is 6.55. The van der Waals surface area contributed by atoms with E-state index in [1.807, 2.05) is 0 Å². The summed E-state index contributed by atoms with van der Waals surface area (Å²) in [6.45, 7) is 4.17. The van der Waals surface area contributed by atoms with Gasteiger partial charge in [-0.1, -0.05) is 13.8 Å². The summed E-state index contributed by atoms with van der Waals surface area (Å²) in [4.78, 5) is 10.8. The fourth-order valence-electron chi connectivity index (χ4n) is 1.37. The molecule has 1 atom stereocenters. The second-order valence-corrected chi connectivity index (χ2v) is 3.85. The molecule has 0 saturated heterocycles. The van der Waals surface area contributed by atoms with Crippen LogP contribution >= 0.6 is 0 Å². The van der Waals surface area contributed by atoms with Crippen molar-refractivity contribution in [1.82, 2.24) is 0 Å². The molecule has 10 heavy (non-hydrogen) atoms. The van der Waals surface area contributed by atoms with E-state index in [1.54, 1.807) is 0 Å². The van der Waals surface area contributed by atoms with Gasteiger partial charge in [0, 0.05) is 6.42 Å². The Hall–Kier alpha value is -0.370. The van der Waals surface area contributed by atoms with Gasteiger partial charge >= 0.3 is 0 Å². The van der Waals surface area contributed by atoms with Gasteiger partial charge in [0.25, 0.3) is 0 Å². The van der Waals surface area contributed by atoms with Crippen molar-refractivity contribution < 1.29 is 9.90 Å². The Bertz CT molecular complexity index is 149. The number of aliphatic hydroxyl groups is 1. The third kappa shape index (κ3) is 1.57. The van der Waals surface area contributed by atoms with Gasteiger partial charge in [-0.15, -0.1) is 0 Å². The van der Waals surface area contributed by atoms with Crippen LogP contribution in [-0.2, 0) is 4.79 Å². The minimum Gasteiger partial charge on any atom is -0.385 e. The van der Waals surface area contributed by atoms with Crippen molar-refractivity contribution in [2.45, 2.75) is 39.2 Å². The van der Waals surface area contributed by atoms with Crippen LogP contribution in [0.15, 0.2) is 0 Å². The van der Waals surface area contributed by atoms with E-state index in [-0.39, 0.29) is 11.2 Å². The summed E-state index contributed by atoms with van der Waals surface area (Å²) >= 11 is 0. The lowest BCUT2D eigenvalue weighted by Gasteiger charge is -2.31. The summed E-state index contributed by atoms with van der Waals surface area (Å²) in [7, 11) is 0. The molecule has 1 N–H and O–H groups in total. The Morgan fingerprint density at radius 2 is 2.20 bits per heavy atom. The summed E-state index contributed by atoms with van der Waals surface area (Å²) in [5.41, 5.74) is 0.160. The van der Waals surface area contributed by atoms with E-state index in [0.717, 1.165) is 6.42 Å². The van der Waals surface area contributed by atoms with E-state index in [9.17, 15) is 4.79 Å². The lowest BCUT2D eigenvalue weighted by atomic mass is 9.76. The van der Waals surface area contributed by atoms with Crippen LogP contribution in [0, 0.1) is 5.41 Å². The molecule has 0 aromatic heterocycles. The quantitative estimate of drug-likeness (QED) is 0.550. The third-order valence-electron chi connectivity index (χ3n) is 2.17. The van der Waals surface area contributed by atoms with Crippen molar-refractivity contribution in [2.24, 2.45) is 5.41 Å². The molecule has 0 unspecified atom stereocenters. The van der Waals surface area contributed by atoms with Crippen LogP contribution in [0.5, 0.6) is 0 Å². The average Bonchev–Trinajstić information content (AvgIpc) is 1.79. The minimum absolute atomic E-state index is 0.0133. The molecule has 0 bridgehead atoms. The van der Waals surface area contributed by atoms with Crippen LogP contribution in [0.3, 0.4) is 0 Å². The van der Waals surface area contributed by atoms with Crippen molar-refractivity contribution in [1.29, 1.82) is 0 Å². The molecule has 0 aromatic rings. The second kappa shape index (κ2) is 2.35. The van der Waals surface area contributed by atoms with Gasteiger partial charge in [-0.25, -0.2) is 0 Å². The second-order valence-electron chi connectivity index (χ2n) is 3.85. The number of carbonyl (C=O) groups excluding carboxylic acids is 1. The molecule has 1 rings (SSSR count). The molecule has 58 valence electrons. The highest BCUT2D eigenvalue weighted by Crippen LogP contribution is 2.33. The van der Waals surface area contributed by atoms with E-state index in [2.05, 4.69) is 13.8 Å². The first-order valence-electron chi connectivity index (χ1n) is 3.72. The van der Waals surface area contributed by atoms with Crippen LogP contribution < -0.4 is 0 Å². The fraction of sp³-hybridized carbons (Fsp3) is 0.875. The average molecular weight is 142 g/mol. The van der Waals surface area contributed by atoms with Crippen LogP contribution in [0.2, 0.25) is 0 Å². The van der Waals surface area contributed by atoms with Crippen molar-refractivity contribution in [3.05, 3.63) is 0 Å². The first-order chi connectivity index (χ1) is 4.51. The minimum atomic E-state index is -0.691. The summed E-state index contributed by atoms with van der Waals surface area (Å²) in [6.07, 6.45) is 1.41. The van der Waals surface area contributed by atoms with Crippen molar-refractivity contribution in [3.63, 3.8) is 0 Å². The molecule has 0 aromatic carbocycles. The summed E-state index contributed by atoms with van der Waals surface area (Å²) in [5, 5.41) is 9.16. The standard InChI is InChI=1S/C8H14O2/c1-8(2)4-3-6(9)7(10)5-8/h7,10H,3-5H2,1-2H3/t7-/m1/s1. The van der Waals surface area contributed by atoms with Gasteiger partial charge in [0.2, 0.25) is 0 Å². The summed E-state index contributed by atoms with van der Waals surface area (Å²) < 4.78 is 0.